The van der Waals surface area contributed by atoms with Crippen LogP contribution in [0.3, 0.4) is 0 Å². The van der Waals surface area contributed by atoms with Gasteiger partial charge >= 0.3 is 11.9 Å². The fourth-order valence-electron chi connectivity index (χ4n) is 0.686. The molecule has 0 aromatic heterocycles. The van der Waals surface area contributed by atoms with Gasteiger partial charge in [-0.3, -0.25) is 9.59 Å². The number of hydrogen-bond donors (Lipinski definition) is 0. The van der Waals surface area contributed by atoms with Gasteiger partial charge in [-0.2, -0.15) is 0 Å². The van der Waals surface area contributed by atoms with E-state index in [0.29, 0.717) is 0 Å². The van der Waals surface area contributed by atoms with E-state index in [-0.39, 0.29) is 12.8 Å². The van der Waals surface area contributed by atoms with E-state index in [1.165, 1.54) is 6.08 Å². The number of carbonyl (C=O) groups excluding carboxylic acids is 2. The van der Waals surface area contributed by atoms with Crippen LogP contribution in [0.5, 0.6) is 0 Å². The van der Waals surface area contributed by atoms with Gasteiger partial charge in [-0.05, 0) is 13.0 Å². The molecule has 0 amide bonds. The summed E-state index contributed by atoms with van der Waals surface area (Å²) in [6.07, 6.45) is 2.81. The van der Waals surface area contributed by atoms with Crippen LogP contribution in [0.15, 0.2) is 12.2 Å². The largest absolute Gasteiger partial charge is 0.421 e. The Morgan fingerprint density at radius 3 is 1.86 bits per heavy atom. The van der Waals surface area contributed by atoms with Gasteiger partial charge in [-0.25, -0.2) is 0 Å². The van der Waals surface area contributed by atoms with Crippen LogP contribution in [0.1, 0.15) is 33.6 Å². The Kier molecular flexibility index (Phi) is 6.45. The molecule has 0 atom stereocenters. The average Bonchev–Trinajstić information content (AvgIpc) is 2.17. The first kappa shape index (κ1) is 12.7. The van der Waals surface area contributed by atoms with Gasteiger partial charge in [0.25, 0.3) is 6.29 Å². The van der Waals surface area contributed by atoms with Crippen LogP contribution >= 0.6 is 0 Å². The predicted molar refractivity (Wildman–Crippen MR) is 51.4 cm³/mol. The lowest BCUT2D eigenvalue weighted by Crippen LogP contribution is -2.22. The molecule has 0 aliphatic heterocycles. The third kappa shape index (κ3) is 5.35. The summed E-state index contributed by atoms with van der Waals surface area (Å²) in [6.45, 7) is 5.11. The zero-order chi connectivity index (χ0) is 11.0. The molecular weight excluding hydrogens is 184 g/mol. The van der Waals surface area contributed by atoms with Crippen molar-refractivity contribution in [2.45, 2.75) is 39.9 Å². The molecule has 14 heavy (non-hydrogen) atoms. The summed E-state index contributed by atoms with van der Waals surface area (Å²) in [7, 11) is 0. The zero-order valence-electron chi connectivity index (χ0n) is 8.78. The minimum absolute atomic E-state index is 0.262. The second-order valence-electron chi connectivity index (χ2n) is 2.58. The number of esters is 2. The van der Waals surface area contributed by atoms with Crippen molar-refractivity contribution in [1.29, 1.82) is 0 Å². The third-order valence-electron chi connectivity index (χ3n) is 1.42. The molecule has 0 unspecified atom stereocenters. The van der Waals surface area contributed by atoms with Crippen LogP contribution in [0.4, 0.5) is 0 Å². The number of carbonyl (C=O) groups is 2. The van der Waals surface area contributed by atoms with Crippen molar-refractivity contribution in [3.8, 4) is 0 Å². The second kappa shape index (κ2) is 7.12. The zero-order valence-corrected chi connectivity index (χ0v) is 8.78. The molecule has 0 fully saturated rings. The topological polar surface area (TPSA) is 52.6 Å². The summed E-state index contributed by atoms with van der Waals surface area (Å²) in [6, 6.07) is 0. The van der Waals surface area contributed by atoms with Crippen LogP contribution < -0.4 is 0 Å². The molecule has 4 heteroatoms. The molecule has 0 aromatic carbocycles. The minimum Gasteiger partial charge on any atom is -0.421 e. The molecule has 0 aliphatic rings. The molecule has 0 N–H and O–H groups in total. The first-order chi connectivity index (χ1) is 6.63. The van der Waals surface area contributed by atoms with Gasteiger partial charge in [0.1, 0.15) is 0 Å². The fourth-order valence-corrected chi connectivity index (χ4v) is 0.686. The van der Waals surface area contributed by atoms with Crippen molar-refractivity contribution < 1.29 is 19.1 Å². The van der Waals surface area contributed by atoms with Crippen LogP contribution in [0.2, 0.25) is 0 Å². The average molecular weight is 200 g/mol. The first-order valence-electron chi connectivity index (χ1n) is 4.65. The quantitative estimate of drug-likeness (QED) is 0.385. The summed E-state index contributed by atoms with van der Waals surface area (Å²) in [4.78, 5) is 21.8. The molecule has 0 rings (SSSR count). The van der Waals surface area contributed by atoms with Crippen LogP contribution in [0, 0.1) is 0 Å². The summed E-state index contributed by atoms with van der Waals surface area (Å²) < 4.78 is 9.69. The summed E-state index contributed by atoms with van der Waals surface area (Å²) >= 11 is 0. The summed E-state index contributed by atoms with van der Waals surface area (Å²) in [5.74, 6) is -0.783. The maximum absolute atomic E-state index is 10.9. The lowest BCUT2D eigenvalue weighted by molar-refractivity contribution is -0.178. The highest BCUT2D eigenvalue weighted by molar-refractivity contribution is 5.71. The second-order valence-corrected chi connectivity index (χ2v) is 2.58. The van der Waals surface area contributed by atoms with Crippen molar-refractivity contribution >= 4 is 11.9 Å². The highest BCUT2D eigenvalue weighted by Crippen LogP contribution is 2.01. The highest BCUT2D eigenvalue weighted by atomic mass is 16.7. The van der Waals surface area contributed by atoms with Gasteiger partial charge in [0.2, 0.25) is 0 Å². The van der Waals surface area contributed by atoms with Gasteiger partial charge in [-0.1, -0.05) is 19.9 Å². The Morgan fingerprint density at radius 1 is 1.14 bits per heavy atom. The van der Waals surface area contributed by atoms with Crippen molar-refractivity contribution in [2.24, 2.45) is 0 Å². The lowest BCUT2D eigenvalue weighted by atomic mass is 10.4. The smallest absolute Gasteiger partial charge is 0.308 e. The van der Waals surface area contributed by atoms with Gasteiger partial charge in [0, 0.05) is 12.8 Å². The third-order valence-corrected chi connectivity index (χ3v) is 1.42. The lowest BCUT2D eigenvalue weighted by Gasteiger charge is -2.13. The highest BCUT2D eigenvalue weighted by Gasteiger charge is 2.13. The molecule has 0 aromatic rings. The Labute approximate surface area is 83.9 Å². The van der Waals surface area contributed by atoms with Crippen molar-refractivity contribution in [3.05, 3.63) is 12.2 Å². The van der Waals surface area contributed by atoms with Crippen LogP contribution in [-0.4, -0.2) is 18.2 Å². The molecule has 80 valence electrons. The molecule has 0 saturated carbocycles. The monoisotopic (exact) mass is 200 g/mol. The first-order valence-corrected chi connectivity index (χ1v) is 4.65. The van der Waals surface area contributed by atoms with Gasteiger partial charge in [-0.15, -0.1) is 0 Å². The molecule has 0 saturated heterocycles. The van der Waals surface area contributed by atoms with Gasteiger partial charge < -0.3 is 9.47 Å². The van der Waals surface area contributed by atoms with E-state index in [2.05, 4.69) is 0 Å². The molecule has 0 aliphatic carbocycles. The van der Waals surface area contributed by atoms with E-state index in [4.69, 9.17) is 9.47 Å². The van der Waals surface area contributed by atoms with E-state index in [1.807, 2.05) is 0 Å². The van der Waals surface area contributed by atoms with Crippen LogP contribution in [0.25, 0.3) is 0 Å². The molecule has 0 spiro atoms. The Bertz CT molecular complexity index is 202. The summed E-state index contributed by atoms with van der Waals surface area (Å²) in [5.41, 5.74) is 0. The maximum Gasteiger partial charge on any atom is 0.308 e. The van der Waals surface area contributed by atoms with E-state index in [9.17, 15) is 9.59 Å². The van der Waals surface area contributed by atoms with E-state index in [0.717, 1.165) is 0 Å². The Hall–Kier alpha value is -1.32. The number of allylic oxidation sites excluding steroid dienone is 1. The van der Waals surface area contributed by atoms with Gasteiger partial charge in [0.15, 0.2) is 0 Å². The maximum atomic E-state index is 10.9. The standard InChI is InChI=1S/C10H16O4/c1-4-7-10(13-8(11)5-2)14-9(12)6-3/h4,7,10H,5-6H2,1-3H3/b7-4+. The predicted octanol–water partition coefficient (Wildman–Crippen LogP) is 1.79. The van der Waals surface area contributed by atoms with Crippen molar-refractivity contribution in [3.63, 3.8) is 0 Å². The summed E-state index contributed by atoms with van der Waals surface area (Å²) in [5, 5.41) is 0. The molecule has 0 bridgehead atoms. The fraction of sp³-hybridized carbons (Fsp3) is 0.600. The van der Waals surface area contributed by atoms with E-state index < -0.39 is 18.2 Å². The van der Waals surface area contributed by atoms with Gasteiger partial charge in [0.05, 0.1) is 0 Å². The number of ether oxygens (including phenoxy) is 2. The van der Waals surface area contributed by atoms with E-state index >= 15 is 0 Å². The molecule has 0 radical (unpaired) electrons. The Morgan fingerprint density at radius 2 is 1.57 bits per heavy atom. The normalized spacial score (nSPS) is 10.6. The SMILES string of the molecule is C/C=C/C(OC(=O)CC)OC(=O)CC. The van der Waals surface area contributed by atoms with E-state index in [1.54, 1.807) is 26.8 Å². The van der Waals surface area contributed by atoms with Crippen LogP contribution in [-0.2, 0) is 19.1 Å². The molecule has 0 heterocycles. The number of hydrogen-bond acceptors (Lipinski definition) is 4. The Balaban J connectivity index is 4.15. The minimum atomic E-state index is -0.889. The van der Waals surface area contributed by atoms with Crippen molar-refractivity contribution in [2.75, 3.05) is 0 Å². The van der Waals surface area contributed by atoms with Crippen molar-refractivity contribution in [1.82, 2.24) is 0 Å². The number of rotatable bonds is 5. The molecular formula is C10H16O4. The molecule has 4 nitrogen and oxygen atoms in total.